The number of hydrogen-bond acceptors (Lipinski definition) is 8. The van der Waals surface area contributed by atoms with Crippen molar-refractivity contribution in [1.29, 1.82) is 0 Å². The zero-order valence-corrected chi connectivity index (χ0v) is 15.9. The number of ether oxygens (including phenoxy) is 1. The molecule has 3 aromatic rings. The van der Waals surface area contributed by atoms with E-state index in [0.717, 1.165) is 11.8 Å². The summed E-state index contributed by atoms with van der Waals surface area (Å²) in [6.07, 6.45) is 0. The number of rotatable bonds is 7. The van der Waals surface area contributed by atoms with Gasteiger partial charge in [0, 0.05) is 0 Å². The molecule has 29 heavy (non-hydrogen) atoms. The van der Waals surface area contributed by atoms with Crippen LogP contribution in [0.5, 0.6) is 0 Å². The number of carbonyl (C=O) groups is 3. The van der Waals surface area contributed by atoms with Crippen LogP contribution in [-0.2, 0) is 9.53 Å². The van der Waals surface area contributed by atoms with Crippen LogP contribution in [0.1, 0.15) is 20.7 Å². The fraction of sp³-hybridized carbons (Fsp3) is 0.111. The molecule has 2 N–H and O–H groups in total. The fourth-order valence-electron chi connectivity index (χ4n) is 2.38. The maximum absolute atomic E-state index is 12.2. The Balaban J connectivity index is 1.67. The molecule has 1 heterocycles. The Bertz CT molecular complexity index is 1050. The van der Waals surface area contributed by atoms with E-state index >= 15 is 0 Å². The molecule has 0 bridgehead atoms. The predicted molar refractivity (Wildman–Crippen MR) is 103 cm³/mol. The quantitative estimate of drug-likeness (QED) is 0.439. The molecule has 0 aliphatic heterocycles. The summed E-state index contributed by atoms with van der Waals surface area (Å²) in [5, 5.41) is 23.5. The number of carbonyl (C=O) groups excluding carboxylic acids is 2. The Morgan fingerprint density at radius 2 is 1.86 bits per heavy atom. The highest BCUT2D eigenvalue weighted by molar-refractivity contribution is 7.99. The summed E-state index contributed by atoms with van der Waals surface area (Å²) >= 11 is 1.08. The first-order chi connectivity index (χ1) is 14.0. The third-order valence-electron chi connectivity index (χ3n) is 3.74. The highest BCUT2D eigenvalue weighted by Gasteiger charge is 2.15. The van der Waals surface area contributed by atoms with Crippen LogP contribution in [0.3, 0.4) is 0 Å². The Kier molecular flexibility index (Phi) is 6.19. The van der Waals surface area contributed by atoms with Crippen LogP contribution in [0, 0.1) is 0 Å². The molecule has 148 valence electrons. The Morgan fingerprint density at radius 1 is 1.14 bits per heavy atom. The molecule has 2 aromatic carbocycles. The standard InChI is InChI=1S/C18H15N5O5S/c1-28-17(27)11-6-8-12(9-7-11)23-18(20-21-22-23)29-10-15(24)19-14-5-3-2-4-13(14)16(25)26/h2-9H,10H2,1H3,(H,19,24)(H,25,26). The van der Waals surface area contributed by atoms with Crippen molar-refractivity contribution in [1.82, 2.24) is 20.2 Å². The fourth-order valence-corrected chi connectivity index (χ4v) is 3.07. The molecule has 10 nitrogen and oxygen atoms in total. The zero-order chi connectivity index (χ0) is 20.8. The minimum atomic E-state index is -1.13. The van der Waals surface area contributed by atoms with Gasteiger partial charge in [0.05, 0.1) is 35.4 Å². The maximum Gasteiger partial charge on any atom is 0.337 e. The maximum atomic E-state index is 12.2. The Morgan fingerprint density at radius 3 is 2.55 bits per heavy atom. The van der Waals surface area contributed by atoms with Crippen LogP contribution in [-0.4, -0.2) is 56.0 Å². The summed E-state index contributed by atoms with van der Waals surface area (Å²) in [7, 11) is 1.30. The second kappa shape index (κ2) is 8.97. The summed E-state index contributed by atoms with van der Waals surface area (Å²) in [5.41, 5.74) is 1.20. The molecule has 0 spiro atoms. The van der Waals surface area contributed by atoms with Crippen molar-refractivity contribution in [3.63, 3.8) is 0 Å². The Labute approximate surface area is 168 Å². The van der Waals surface area contributed by atoms with Gasteiger partial charge in [0.25, 0.3) is 0 Å². The number of nitrogens with zero attached hydrogens (tertiary/aromatic N) is 4. The van der Waals surface area contributed by atoms with Crippen molar-refractivity contribution in [2.75, 3.05) is 18.2 Å². The topological polar surface area (TPSA) is 136 Å². The van der Waals surface area contributed by atoms with E-state index in [0.29, 0.717) is 16.4 Å². The van der Waals surface area contributed by atoms with E-state index in [2.05, 4.69) is 25.6 Å². The van der Waals surface area contributed by atoms with Crippen LogP contribution >= 0.6 is 11.8 Å². The van der Waals surface area contributed by atoms with E-state index in [1.165, 1.54) is 23.9 Å². The molecule has 0 atom stereocenters. The SMILES string of the molecule is COC(=O)c1ccc(-n2nnnc2SCC(=O)Nc2ccccc2C(=O)O)cc1. The van der Waals surface area contributed by atoms with E-state index < -0.39 is 17.8 Å². The lowest BCUT2D eigenvalue weighted by molar-refractivity contribution is -0.113. The average molecular weight is 413 g/mol. The number of carboxylic acid groups (broad SMARTS) is 1. The van der Waals surface area contributed by atoms with Gasteiger partial charge in [0.2, 0.25) is 11.1 Å². The van der Waals surface area contributed by atoms with Gasteiger partial charge in [-0.3, -0.25) is 4.79 Å². The number of tetrazole rings is 1. The van der Waals surface area contributed by atoms with E-state index in [9.17, 15) is 19.5 Å². The monoisotopic (exact) mass is 413 g/mol. The first kappa shape index (κ1) is 20.0. The van der Waals surface area contributed by atoms with Gasteiger partial charge in [-0.2, -0.15) is 4.68 Å². The van der Waals surface area contributed by atoms with Crippen molar-refractivity contribution in [3.8, 4) is 5.69 Å². The molecule has 0 unspecified atom stereocenters. The smallest absolute Gasteiger partial charge is 0.337 e. The number of aromatic nitrogens is 4. The lowest BCUT2D eigenvalue weighted by atomic mass is 10.2. The second-order valence-electron chi connectivity index (χ2n) is 5.60. The Hall–Kier alpha value is -3.73. The van der Waals surface area contributed by atoms with E-state index in [-0.39, 0.29) is 17.0 Å². The molecular weight excluding hydrogens is 398 g/mol. The number of anilines is 1. The highest BCUT2D eigenvalue weighted by Crippen LogP contribution is 2.20. The molecule has 0 radical (unpaired) electrons. The summed E-state index contributed by atoms with van der Waals surface area (Å²) in [5.74, 6) is -2.03. The zero-order valence-electron chi connectivity index (χ0n) is 15.1. The summed E-state index contributed by atoms with van der Waals surface area (Å²) in [4.78, 5) is 35.0. The number of nitrogens with one attached hydrogen (secondary N) is 1. The molecule has 1 aromatic heterocycles. The minimum absolute atomic E-state index is 0.00128. The average Bonchev–Trinajstić information content (AvgIpc) is 3.20. The van der Waals surface area contributed by atoms with Crippen molar-refractivity contribution in [2.45, 2.75) is 5.16 Å². The second-order valence-corrected chi connectivity index (χ2v) is 6.54. The van der Waals surface area contributed by atoms with Crippen LogP contribution in [0.15, 0.2) is 53.7 Å². The first-order valence-electron chi connectivity index (χ1n) is 8.21. The lowest BCUT2D eigenvalue weighted by Gasteiger charge is -2.08. The van der Waals surface area contributed by atoms with Crippen molar-refractivity contribution in [3.05, 3.63) is 59.7 Å². The van der Waals surface area contributed by atoms with Gasteiger partial charge in [-0.1, -0.05) is 23.9 Å². The van der Waals surface area contributed by atoms with Crippen molar-refractivity contribution in [2.24, 2.45) is 0 Å². The molecular formula is C18H15N5O5S. The molecule has 0 fully saturated rings. The van der Waals surface area contributed by atoms with E-state index in [1.54, 1.807) is 36.4 Å². The number of para-hydroxylation sites is 1. The third kappa shape index (κ3) is 4.76. The van der Waals surface area contributed by atoms with Crippen LogP contribution in [0.4, 0.5) is 5.69 Å². The largest absolute Gasteiger partial charge is 0.478 e. The summed E-state index contributed by atoms with van der Waals surface area (Å²) in [6, 6.07) is 12.6. The van der Waals surface area contributed by atoms with Gasteiger partial charge < -0.3 is 15.2 Å². The lowest BCUT2D eigenvalue weighted by Crippen LogP contribution is -2.17. The van der Waals surface area contributed by atoms with E-state index in [4.69, 9.17) is 0 Å². The van der Waals surface area contributed by atoms with Crippen molar-refractivity contribution >= 4 is 35.3 Å². The number of esters is 1. The molecule has 0 saturated heterocycles. The number of benzene rings is 2. The molecule has 11 heteroatoms. The molecule has 3 rings (SSSR count). The number of aromatic carboxylic acids is 1. The van der Waals surface area contributed by atoms with Crippen LogP contribution in [0.2, 0.25) is 0 Å². The predicted octanol–water partition coefficient (Wildman–Crippen LogP) is 1.88. The van der Waals surface area contributed by atoms with Gasteiger partial charge in [-0.05, 0) is 46.8 Å². The summed E-state index contributed by atoms with van der Waals surface area (Å²) < 4.78 is 6.08. The molecule has 1 amide bonds. The molecule has 0 aliphatic rings. The van der Waals surface area contributed by atoms with Crippen LogP contribution < -0.4 is 5.32 Å². The van der Waals surface area contributed by atoms with Gasteiger partial charge in [-0.15, -0.1) is 5.10 Å². The number of hydrogen-bond donors (Lipinski definition) is 2. The van der Waals surface area contributed by atoms with Crippen LogP contribution in [0.25, 0.3) is 5.69 Å². The van der Waals surface area contributed by atoms with Gasteiger partial charge in [0.15, 0.2) is 0 Å². The highest BCUT2D eigenvalue weighted by atomic mass is 32.2. The number of methoxy groups -OCH3 is 1. The first-order valence-corrected chi connectivity index (χ1v) is 9.20. The minimum Gasteiger partial charge on any atom is -0.478 e. The normalized spacial score (nSPS) is 10.4. The van der Waals surface area contributed by atoms with Gasteiger partial charge >= 0.3 is 11.9 Å². The summed E-state index contributed by atoms with van der Waals surface area (Å²) in [6.45, 7) is 0. The number of carboxylic acids is 1. The van der Waals surface area contributed by atoms with E-state index in [1.807, 2.05) is 0 Å². The van der Waals surface area contributed by atoms with Gasteiger partial charge in [-0.25, -0.2) is 9.59 Å². The van der Waals surface area contributed by atoms with Gasteiger partial charge in [0.1, 0.15) is 0 Å². The van der Waals surface area contributed by atoms with Crippen molar-refractivity contribution < 1.29 is 24.2 Å². The molecule has 0 saturated carbocycles. The number of thioether (sulfide) groups is 1. The number of amides is 1. The third-order valence-corrected chi connectivity index (χ3v) is 4.66. The molecule has 0 aliphatic carbocycles.